The average molecular weight is 477 g/mol. The third-order valence-electron chi connectivity index (χ3n) is 7.48. The summed E-state index contributed by atoms with van der Waals surface area (Å²) < 4.78 is 12.4. The number of rotatable bonds is 6. The van der Waals surface area contributed by atoms with Crippen molar-refractivity contribution < 1.29 is 23.9 Å². The number of pyridine rings is 1. The van der Waals surface area contributed by atoms with Gasteiger partial charge < -0.3 is 14.4 Å². The van der Waals surface area contributed by atoms with Crippen LogP contribution in [0, 0.1) is 0 Å². The first-order valence-corrected chi connectivity index (χ1v) is 12.3. The zero-order valence-electron chi connectivity index (χ0n) is 19.4. The van der Waals surface area contributed by atoms with Crippen LogP contribution in [-0.4, -0.2) is 69.9 Å². The molecule has 6 rings (SSSR count). The maximum absolute atomic E-state index is 12.9. The van der Waals surface area contributed by atoms with Crippen molar-refractivity contribution in [3.63, 3.8) is 0 Å². The molecular formula is C26H28N4O5. The Labute approximate surface area is 203 Å². The third-order valence-corrected chi connectivity index (χ3v) is 7.48. The highest BCUT2D eigenvalue weighted by atomic mass is 16.5. The largest absolute Gasteiger partial charge is 0.489 e. The maximum atomic E-state index is 12.9. The fourth-order valence-corrected chi connectivity index (χ4v) is 5.68. The summed E-state index contributed by atoms with van der Waals surface area (Å²) in [6, 6.07) is 9.12. The minimum atomic E-state index is -0.607. The van der Waals surface area contributed by atoms with Crippen molar-refractivity contribution in [2.45, 2.75) is 62.9 Å². The van der Waals surface area contributed by atoms with Crippen molar-refractivity contribution in [3.05, 3.63) is 53.9 Å². The van der Waals surface area contributed by atoms with Gasteiger partial charge in [0.2, 0.25) is 11.8 Å². The van der Waals surface area contributed by atoms with Crippen LogP contribution in [0.25, 0.3) is 0 Å². The fourth-order valence-electron chi connectivity index (χ4n) is 5.68. The summed E-state index contributed by atoms with van der Waals surface area (Å²) in [6.07, 6.45) is 7.56. The molecule has 182 valence electrons. The molecule has 0 radical (unpaired) electrons. The third kappa shape index (κ3) is 4.25. The average Bonchev–Trinajstić information content (AvgIpc) is 3.40. The van der Waals surface area contributed by atoms with Crippen LogP contribution < -0.4 is 14.8 Å². The van der Waals surface area contributed by atoms with Gasteiger partial charge in [0.1, 0.15) is 29.7 Å². The minimum Gasteiger partial charge on any atom is -0.489 e. The molecule has 3 fully saturated rings. The number of nitrogens with zero attached hydrogens (tertiary/aromatic N) is 3. The van der Waals surface area contributed by atoms with E-state index in [4.69, 9.17) is 9.47 Å². The van der Waals surface area contributed by atoms with Crippen LogP contribution in [0.2, 0.25) is 0 Å². The zero-order chi connectivity index (χ0) is 23.9. The normalized spacial score (nSPS) is 26.9. The molecule has 1 aliphatic carbocycles. The molecule has 2 saturated heterocycles. The lowest BCUT2D eigenvalue weighted by Gasteiger charge is -2.44. The Balaban J connectivity index is 1.08. The second-order valence-corrected chi connectivity index (χ2v) is 9.76. The van der Waals surface area contributed by atoms with Crippen molar-refractivity contribution >= 4 is 17.7 Å². The SMILES string of the molecule is O=C1CCC(N2Cc3cc(O[C@H]4CCC[C@@H]4N4CC(Oc5cccnc5)C4)ccc3C2=O)C(=O)N1. The number of carbonyl (C=O) groups excluding carboxylic acids is 3. The molecule has 1 N–H and O–H groups in total. The van der Waals surface area contributed by atoms with Gasteiger partial charge in [-0.1, -0.05) is 0 Å². The lowest BCUT2D eigenvalue weighted by Crippen LogP contribution is -2.60. The van der Waals surface area contributed by atoms with E-state index in [1.54, 1.807) is 23.4 Å². The number of hydrogen-bond acceptors (Lipinski definition) is 7. The number of piperidine rings is 1. The number of hydrogen-bond donors (Lipinski definition) is 1. The van der Waals surface area contributed by atoms with E-state index in [-0.39, 0.29) is 30.4 Å². The second-order valence-electron chi connectivity index (χ2n) is 9.76. The van der Waals surface area contributed by atoms with Crippen LogP contribution in [0.15, 0.2) is 42.7 Å². The van der Waals surface area contributed by atoms with Crippen LogP contribution in [0.4, 0.5) is 0 Å². The molecule has 3 amide bonds. The Morgan fingerprint density at radius 1 is 1.00 bits per heavy atom. The smallest absolute Gasteiger partial charge is 0.255 e. The molecule has 1 aromatic carbocycles. The molecule has 4 heterocycles. The van der Waals surface area contributed by atoms with E-state index in [9.17, 15) is 14.4 Å². The fraction of sp³-hybridized carbons (Fsp3) is 0.462. The predicted octanol–water partition coefficient (Wildman–Crippen LogP) is 1.91. The Bertz CT molecular complexity index is 1150. The van der Waals surface area contributed by atoms with Gasteiger partial charge in [-0.2, -0.15) is 0 Å². The topological polar surface area (TPSA) is 101 Å². The van der Waals surface area contributed by atoms with Crippen LogP contribution in [0.3, 0.4) is 0 Å². The molecule has 9 heteroatoms. The van der Waals surface area contributed by atoms with Gasteiger partial charge >= 0.3 is 0 Å². The maximum Gasteiger partial charge on any atom is 0.255 e. The van der Waals surface area contributed by atoms with E-state index < -0.39 is 11.9 Å². The number of imide groups is 1. The number of ether oxygens (including phenoxy) is 2. The molecule has 35 heavy (non-hydrogen) atoms. The quantitative estimate of drug-likeness (QED) is 0.636. The Kier molecular flexibility index (Phi) is 5.64. The van der Waals surface area contributed by atoms with E-state index >= 15 is 0 Å². The Morgan fingerprint density at radius 3 is 2.69 bits per heavy atom. The van der Waals surface area contributed by atoms with Crippen molar-refractivity contribution in [1.29, 1.82) is 0 Å². The number of amides is 3. The standard InChI is InChI=1S/C26H28N4O5/c31-24-9-8-22(25(32)28-24)30-13-16-11-17(6-7-20(16)26(30)33)35-23-5-1-4-21(23)29-14-19(15-29)34-18-3-2-10-27-12-18/h2-3,6-7,10-12,19,21-23H,1,4-5,8-9,13-15H2,(H,28,31,32)/t21-,22?,23-/m0/s1. The summed E-state index contributed by atoms with van der Waals surface area (Å²) in [7, 11) is 0. The summed E-state index contributed by atoms with van der Waals surface area (Å²) in [5.41, 5.74) is 1.46. The van der Waals surface area contributed by atoms with Crippen molar-refractivity contribution in [1.82, 2.24) is 20.1 Å². The zero-order valence-corrected chi connectivity index (χ0v) is 19.4. The van der Waals surface area contributed by atoms with Crippen LogP contribution >= 0.6 is 0 Å². The van der Waals surface area contributed by atoms with Crippen molar-refractivity contribution in [3.8, 4) is 11.5 Å². The van der Waals surface area contributed by atoms with Gasteiger partial charge in [-0.3, -0.25) is 29.6 Å². The van der Waals surface area contributed by atoms with E-state index in [0.29, 0.717) is 24.6 Å². The number of carbonyl (C=O) groups is 3. The molecular weight excluding hydrogens is 448 g/mol. The minimum absolute atomic E-state index is 0.0933. The van der Waals surface area contributed by atoms with Gasteiger partial charge in [-0.15, -0.1) is 0 Å². The van der Waals surface area contributed by atoms with Crippen LogP contribution in [0.5, 0.6) is 11.5 Å². The van der Waals surface area contributed by atoms with Gasteiger partial charge in [-0.05, 0) is 61.6 Å². The summed E-state index contributed by atoms with van der Waals surface area (Å²) in [5.74, 6) is 0.708. The summed E-state index contributed by atoms with van der Waals surface area (Å²) in [6.45, 7) is 2.10. The van der Waals surface area contributed by atoms with Crippen molar-refractivity contribution in [2.75, 3.05) is 13.1 Å². The summed E-state index contributed by atoms with van der Waals surface area (Å²) in [4.78, 5) is 44.8. The van der Waals surface area contributed by atoms with Gasteiger partial charge in [0, 0.05) is 43.9 Å². The summed E-state index contributed by atoms with van der Waals surface area (Å²) >= 11 is 0. The van der Waals surface area contributed by atoms with E-state index in [0.717, 1.165) is 49.4 Å². The van der Waals surface area contributed by atoms with Crippen LogP contribution in [0.1, 0.15) is 48.0 Å². The van der Waals surface area contributed by atoms with Gasteiger partial charge in [-0.25, -0.2) is 0 Å². The molecule has 9 nitrogen and oxygen atoms in total. The van der Waals surface area contributed by atoms with Crippen LogP contribution in [-0.2, 0) is 16.1 Å². The number of aromatic nitrogens is 1. The first-order valence-electron chi connectivity index (χ1n) is 12.3. The molecule has 0 bridgehead atoms. The highest BCUT2D eigenvalue weighted by molar-refractivity contribution is 6.05. The van der Waals surface area contributed by atoms with E-state index in [1.165, 1.54) is 0 Å². The number of benzene rings is 1. The first kappa shape index (κ1) is 22.0. The van der Waals surface area contributed by atoms with Gasteiger partial charge in [0.25, 0.3) is 5.91 Å². The Hall–Kier alpha value is -3.46. The molecule has 4 aliphatic rings. The summed E-state index contributed by atoms with van der Waals surface area (Å²) in [5, 5.41) is 2.34. The molecule has 3 atom stereocenters. The van der Waals surface area contributed by atoms with E-state index in [2.05, 4.69) is 15.2 Å². The second kappa shape index (κ2) is 8.96. The van der Waals surface area contributed by atoms with Gasteiger partial charge in [0.05, 0.1) is 6.20 Å². The Morgan fingerprint density at radius 2 is 1.89 bits per heavy atom. The molecule has 0 spiro atoms. The molecule has 1 aromatic heterocycles. The lowest BCUT2D eigenvalue weighted by molar-refractivity contribution is -0.136. The molecule has 1 saturated carbocycles. The molecule has 3 aliphatic heterocycles. The highest BCUT2D eigenvalue weighted by Crippen LogP contribution is 2.34. The molecule has 2 aromatic rings. The first-order chi connectivity index (χ1) is 17.0. The predicted molar refractivity (Wildman–Crippen MR) is 125 cm³/mol. The molecule has 1 unspecified atom stereocenters. The highest BCUT2D eigenvalue weighted by Gasteiger charge is 2.42. The lowest BCUT2D eigenvalue weighted by atomic mass is 10.0. The monoisotopic (exact) mass is 476 g/mol. The van der Waals surface area contributed by atoms with E-state index in [1.807, 2.05) is 24.3 Å². The van der Waals surface area contributed by atoms with Crippen molar-refractivity contribution in [2.24, 2.45) is 0 Å². The number of likely N-dealkylation sites (tertiary alicyclic amines) is 1. The number of nitrogens with one attached hydrogen (secondary N) is 1. The number of fused-ring (bicyclic) bond motifs is 1. The van der Waals surface area contributed by atoms with Gasteiger partial charge in [0.15, 0.2) is 0 Å².